The van der Waals surface area contributed by atoms with Crippen molar-refractivity contribution in [3.8, 4) is 0 Å². The third-order valence-electron chi connectivity index (χ3n) is 2.77. The molecular weight excluding hydrogens is 315 g/mol. The standard InChI is InChI=1S/C14H14ClFN2O2S/c15-6-2-4-11-3-1-5-13(7-11)18-21(19,20)14-8-12(16)9-17-10-14/h1,3,5,7-10,18H,2,4,6H2. The molecule has 1 aromatic carbocycles. The van der Waals surface area contributed by atoms with E-state index in [-0.39, 0.29) is 4.90 Å². The molecular formula is C14H14ClFN2O2S. The number of aryl methyl sites for hydroxylation is 1. The lowest BCUT2D eigenvalue weighted by Crippen LogP contribution is -2.13. The minimum absolute atomic E-state index is 0.214. The van der Waals surface area contributed by atoms with Gasteiger partial charge in [-0.05, 0) is 36.6 Å². The molecule has 0 spiro atoms. The molecule has 0 atom stereocenters. The summed E-state index contributed by atoms with van der Waals surface area (Å²) in [6.07, 6.45) is 3.63. The van der Waals surface area contributed by atoms with Gasteiger partial charge >= 0.3 is 0 Å². The summed E-state index contributed by atoms with van der Waals surface area (Å²) in [5, 5.41) is 0. The normalized spacial score (nSPS) is 11.3. The number of anilines is 1. The molecule has 0 unspecified atom stereocenters. The van der Waals surface area contributed by atoms with Gasteiger partial charge < -0.3 is 0 Å². The van der Waals surface area contributed by atoms with E-state index in [1.807, 2.05) is 6.07 Å². The van der Waals surface area contributed by atoms with Gasteiger partial charge in [-0.3, -0.25) is 9.71 Å². The summed E-state index contributed by atoms with van der Waals surface area (Å²) in [7, 11) is -3.85. The molecule has 0 aliphatic heterocycles. The number of halogens is 2. The zero-order chi connectivity index (χ0) is 15.3. The Morgan fingerprint density at radius 1 is 1.24 bits per heavy atom. The Morgan fingerprint density at radius 3 is 2.76 bits per heavy atom. The van der Waals surface area contributed by atoms with Crippen LogP contribution in [0, 0.1) is 5.82 Å². The van der Waals surface area contributed by atoms with Crippen molar-refractivity contribution in [1.29, 1.82) is 0 Å². The smallest absolute Gasteiger partial charge is 0.263 e. The maximum Gasteiger partial charge on any atom is 0.263 e. The Balaban J connectivity index is 2.20. The maximum atomic E-state index is 13.1. The van der Waals surface area contributed by atoms with Crippen molar-refractivity contribution in [3.63, 3.8) is 0 Å². The summed E-state index contributed by atoms with van der Waals surface area (Å²) in [6.45, 7) is 0. The van der Waals surface area contributed by atoms with E-state index in [0.29, 0.717) is 11.6 Å². The second-order valence-electron chi connectivity index (χ2n) is 4.44. The first-order valence-electron chi connectivity index (χ1n) is 6.29. The van der Waals surface area contributed by atoms with Crippen LogP contribution >= 0.6 is 11.6 Å². The Kier molecular flexibility index (Phi) is 5.14. The van der Waals surface area contributed by atoms with Crippen molar-refractivity contribution >= 4 is 27.3 Å². The lowest BCUT2D eigenvalue weighted by molar-refractivity contribution is 0.592. The first kappa shape index (κ1) is 15.7. The summed E-state index contributed by atoms with van der Waals surface area (Å²) in [5.41, 5.74) is 1.40. The van der Waals surface area contributed by atoms with E-state index >= 15 is 0 Å². The van der Waals surface area contributed by atoms with Gasteiger partial charge in [-0.15, -0.1) is 11.6 Å². The second-order valence-corrected chi connectivity index (χ2v) is 6.50. The fourth-order valence-corrected chi connectivity index (χ4v) is 2.97. The van der Waals surface area contributed by atoms with Crippen molar-refractivity contribution in [3.05, 3.63) is 54.1 Å². The molecule has 0 radical (unpaired) electrons. The summed E-state index contributed by atoms with van der Waals surface area (Å²) in [6, 6.07) is 7.94. The SMILES string of the molecule is O=S(=O)(Nc1cccc(CCCCl)c1)c1cncc(F)c1. The summed E-state index contributed by atoms with van der Waals surface area (Å²) >= 11 is 5.64. The monoisotopic (exact) mass is 328 g/mol. The van der Waals surface area contributed by atoms with Gasteiger partial charge in [-0.1, -0.05) is 12.1 Å². The van der Waals surface area contributed by atoms with E-state index in [4.69, 9.17) is 11.6 Å². The van der Waals surface area contributed by atoms with Crippen molar-refractivity contribution in [2.75, 3.05) is 10.6 Å². The van der Waals surface area contributed by atoms with Crippen LogP contribution in [0.4, 0.5) is 10.1 Å². The third-order valence-corrected chi connectivity index (χ3v) is 4.38. The zero-order valence-electron chi connectivity index (χ0n) is 11.1. The van der Waals surface area contributed by atoms with E-state index in [9.17, 15) is 12.8 Å². The summed E-state index contributed by atoms with van der Waals surface area (Å²) < 4.78 is 39.8. The van der Waals surface area contributed by atoms with E-state index in [2.05, 4.69) is 9.71 Å². The molecule has 1 aromatic heterocycles. The highest BCUT2D eigenvalue weighted by Crippen LogP contribution is 2.18. The molecule has 0 aliphatic carbocycles. The predicted octanol–water partition coefficient (Wildman–Crippen LogP) is 3.19. The first-order chi connectivity index (χ1) is 10.0. The van der Waals surface area contributed by atoms with Crippen molar-refractivity contribution < 1.29 is 12.8 Å². The van der Waals surface area contributed by atoms with Gasteiger partial charge in [-0.25, -0.2) is 12.8 Å². The molecule has 1 heterocycles. The minimum Gasteiger partial charge on any atom is -0.280 e. The number of nitrogens with one attached hydrogen (secondary N) is 1. The lowest BCUT2D eigenvalue weighted by Gasteiger charge is -2.09. The number of hydrogen-bond donors (Lipinski definition) is 1. The van der Waals surface area contributed by atoms with Gasteiger partial charge in [0.15, 0.2) is 0 Å². The Labute approximate surface area is 128 Å². The Morgan fingerprint density at radius 2 is 2.05 bits per heavy atom. The van der Waals surface area contributed by atoms with Gasteiger partial charge in [0.25, 0.3) is 10.0 Å². The van der Waals surface area contributed by atoms with Crippen LogP contribution in [0.3, 0.4) is 0 Å². The van der Waals surface area contributed by atoms with Crippen LogP contribution in [0.1, 0.15) is 12.0 Å². The van der Waals surface area contributed by atoms with Crippen LogP contribution in [-0.4, -0.2) is 19.3 Å². The van der Waals surface area contributed by atoms with Crippen LogP contribution in [0.5, 0.6) is 0 Å². The minimum atomic E-state index is -3.85. The molecule has 112 valence electrons. The maximum absolute atomic E-state index is 13.1. The highest BCUT2D eigenvalue weighted by molar-refractivity contribution is 7.92. The highest BCUT2D eigenvalue weighted by atomic mass is 35.5. The molecule has 7 heteroatoms. The fraction of sp³-hybridized carbons (Fsp3) is 0.214. The van der Waals surface area contributed by atoms with Crippen LogP contribution in [0.15, 0.2) is 47.6 Å². The fourth-order valence-electron chi connectivity index (χ4n) is 1.81. The molecule has 4 nitrogen and oxygen atoms in total. The molecule has 2 aromatic rings. The number of nitrogens with zero attached hydrogens (tertiary/aromatic N) is 1. The topological polar surface area (TPSA) is 59.1 Å². The molecule has 0 bridgehead atoms. The van der Waals surface area contributed by atoms with Gasteiger partial charge in [0, 0.05) is 17.8 Å². The number of benzene rings is 1. The Bertz CT molecular complexity index is 722. The average Bonchev–Trinajstić information content (AvgIpc) is 2.45. The molecule has 1 N–H and O–H groups in total. The van der Waals surface area contributed by atoms with Gasteiger partial charge in [0.05, 0.1) is 6.20 Å². The molecule has 21 heavy (non-hydrogen) atoms. The molecule has 0 amide bonds. The number of pyridine rings is 1. The van der Waals surface area contributed by atoms with E-state index in [1.54, 1.807) is 18.2 Å². The molecule has 0 saturated carbocycles. The average molecular weight is 329 g/mol. The van der Waals surface area contributed by atoms with E-state index in [0.717, 1.165) is 36.9 Å². The van der Waals surface area contributed by atoms with Crippen molar-refractivity contribution in [2.45, 2.75) is 17.7 Å². The second kappa shape index (κ2) is 6.87. The number of rotatable bonds is 6. The first-order valence-corrected chi connectivity index (χ1v) is 8.31. The van der Waals surface area contributed by atoms with E-state index < -0.39 is 15.8 Å². The lowest BCUT2D eigenvalue weighted by atomic mass is 10.1. The third kappa shape index (κ3) is 4.41. The highest BCUT2D eigenvalue weighted by Gasteiger charge is 2.15. The van der Waals surface area contributed by atoms with Crippen LogP contribution in [0.2, 0.25) is 0 Å². The molecule has 2 rings (SSSR count). The zero-order valence-corrected chi connectivity index (χ0v) is 12.7. The van der Waals surface area contributed by atoms with Crippen LogP contribution < -0.4 is 4.72 Å². The Hall–Kier alpha value is -1.66. The molecule has 0 fully saturated rings. The van der Waals surface area contributed by atoms with Gasteiger partial charge in [0.2, 0.25) is 0 Å². The summed E-state index contributed by atoms with van der Waals surface area (Å²) in [5.74, 6) is -0.154. The van der Waals surface area contributed by atoms with Crippen LogP contribution in [0.25, 0.3) is 0 Å². The largest absolute Gasteiger partial charge is 0.280 e. The molecule has 0 aliphatic rings. The number of aromatic nitrogens is 1. The number of alkyl halides is 1. The quantitative estimate of drug-likeness (QED) is 0.828. The van der Waals surface area contributed by atoms with Crippen LogP contribution in [-0.2, 0) is 16.4 Å². The molecule has 0 saturated heterocycles. The van der Waals surface area contributed by atoms with Gasteiger partial charge in [-0.2, -0.15) is 0 Å². The van der Waals surface area contributed by atoms with Crippen molar-refractivity contribution in [1.82, 2.24) is 4.98 Å². The van der Waals surface area contributed by atoms with Gasteiger partial charge in [0.1, 0.15) is 10.7 Å². The number of hydrogen-bond acceptors (Lipinski definition) is 3. The summed E-state index contributed by atoms with van der Waals surface area (Å²) in [4.78, 5) is 3.33. The number of sulfonamides is 1. The van der Waals surface area contributed by atoms with E-state index in [1.165, 1.54) is 0 Å². The predicted molar refractivity (Wildman–Crippen MR) is 80.5 cm³/mol. The van der Waals surface area contributed by atoms with Crippen molar-refractivity contribution in [2.24, 2.45) is 0 Å².